The van der Waals surface area contributed by atoms with Crippen molar-refractivity contribution in [3.63, 3.8) is 0 Å². The first kappa shape index (κ1) is 16.8. The van der Waals surface area contributed by atoms with Gasteiger partial charge in [-0.15, -0.1) is 0 Å². The number of likely N-dealkylation sites (tertiary alicyclic amines) is 1. The second-order valence-corrected chi connectivity index (χ2v) is 5.37. The lowest BCUT2D eigenvalue weighted by molar-refractivity contribution is -0.117. The smallest absolute Gasteiger partial charge is 0.209 e. The van der Waals surface area contributed by atoms with Crippen LogP contribution in [0.4, 0.5) is 0 Å². The molecule has 1 aromatic rings. The molecule has 1 aromatic carbocycles. The van der Waals surface area contributed by atoms with Crippen molar-refractivity contribution in [2.75, 3.05) is 27.2 Å². The predicted molar refractivity (Wildman–Crippen MR) is 92.6 cm³/mol. The van der Waals surface area contributed by atoms with Gasteiger partial charge in [0.2, 0.25) is 6.41 Å². The van der Waals surface area contributed by atoms with Crippen LogP contribution in [0.1, 0.15) is 12.0 Å². The summed E-state index contributed by atoms with van der Waals surface area (Å²) < 4.78 is 5.15. The van der Waals surface area contributed by atoms with Crippen molar-refractivity contribution in [1.29, 1.82) is 0 Å². The Balaban J connectivity index is 2.19. The van der Waals surface area contributed by atoms with Crippen molar-refractivity contribution in [2.24, 2.45) is 10.9 Å². The second-order valence-electron chi connectivity index (χ2n) is 5.37. The van der Waals surface area contributed by atoms with Gasteiger partial charge < -0.3 is 15.0 Å². The molecule has 1 aliphatic rings. The van der Waals surface area contributed by atoms with Gasteiger partial charge in [-0.3, -0.25) is 9.79 Å². The zero-order valence-corrected chi connectivity index (χ0v) is 13.7. The van der Waals surface area contributed by atoms with Gasteiger partial charge in [-0.1, -0.05) is 6.58 Å². The Kier molecular flexibility index (Phi) is 5.97. The van der Waals surface area contributed by atoms with Crippen LogP contribution >= 0.6 is 0 Å². The molecular weight excluding hydrogens is 290 g/mol. The van der Waals surface area contributed by atoms with Crippen LogP contribution in [0, 0.1) is 5.92 Å². The van der Waals surface area contributed by atoms with E-state index in [1.54, 1.807) is 24.3 Å². The number of carbonyl (C=O) groups is 1. The van der Waals surface area contributed by atoms with Crippen molar-refractivity contribution in [2.45, 2.75) is 6.42 Å². The molecule has 2 rings (SSSR count). The van der Waals surface area contributed by atoms with Gasteiger partial charge in [-0.2, -0.15) is 0 Å². The second kappa shape index (κ2) is 8.17. The van der Waals surface area contributed by atoms with Gasteiger partial charge in [-0.05, 0) is 42.3 Å². The van der Waals surface area contributed by atoms with Crippen LogP contribution in [0.3, 0.4) is 0 Å². The minimum absolute atomic E-state index is 0.270. The highest BCUT2D eigenvalue weighted by molar-refractivity contribution is 5.80. The van der Waals surface area contributed by atoms with Gasteiger partial charge in [0.05, 0.1) is 12.8 Å². The number of allylic oxidation sites excluding steroid dienone is 1. The van der Waals surface area contributed by atoms with Crippen LogP contribution in [0.5, 0.6) is 5.75 Å². The standard InChI is InChI=1S/C18H23N3O2/c1-4-17(18(19-2)15-9-10-21(12-15)13-22)20-11-14-5-7-16(23-3)8-6-14/h4-8,11,13,15,19H,1,9-10,12H2,2-3H3/b18-17+,20-11?. The third kappa shape index (κ3) is 4.22. The molecule has 1 saturated heterocycles. The van der Waals surface area contributed by atoms with Gasteiger partial charge in [0.15, 0.2) is 0 Å². The molecule has 23 heavy (non-hydrogen) atoms. The molecule has 1 atom stereocenters. The Morgan fingerprint density at radius 1 is 1.43 bits per heavy atom. The monoisotopic (exact) mass is 313 g/mol. The molecule has 0 spiro atoms. The summed E-state index contributed by atoms with van der Waals surface area (Å²) in [4.78, 5) is 17.2. The maximum atomic E-state index is 10.9. The summed E-state index contributed by atoms with van der Waals surface area (Å²) in [5.41, 5.74) is 2.82. The molecule has 1 fully saturated rings. The lowest BCUT2D eigenvalue weighted by Crippen LogP contribution is -2.23. The first-order valence-corrected chi connectivity index (χ1v) is 7.63. The lowest BCUT2D eigenvalue weighted by Gasteiger charge is -2.16. The van der Waals surface area contributed by atoms with Crippen molar-refractivity contribution in [3.05, 3.63) is 53.9 Å². The van der Waals surface area contributed by atoms with Crippen LogP contribution in [0.2, 0.25) is 0 Å². The van der Waals surface area contributed by atoms with Gasteiger partial charge in [-0.25, -0.2) is 0 Å². The van der Waals surface area contributed by atoms with Gasteiger partial charge in [0.1, 0.15) is 5.75 Å². The normalized spacial score (nSPS) is 18.7. The van der Waals surface area contributed by atoms with Gasteiger partial charge >= 0.3 is 0 Å². The van der Waals surface area contributed by atoms with Crippen LogP contribution in [0.15, 0.2) is 53.3 Å². The Hall–Kier alpha value is -2.56. The average molecular weight is 313 g/mol. The molecule has 0 aliphatic carbocycles. The van der Waals surface area contributed by atoms with Crippen LogP contribution < -0.4 is 10.1 Å². The quantitative estimate of drug-likeness (QED) is 0.477. The fourth-order valence-corrected chi connectivity index (χ4v) is 2.73. The number of rotatable bonds is 7. The Morgan fingerprint density at radius 3 is 2.70 bits per heavy atom. The topological polar surface area (TPSA) is 53.9 Å². The number of nitrogens with one attached hydrogen (secondary N) is 1. The average Bonchev–Trinajstić information content (AvgIpc) is 3.07. The number of aliphatic imine (C=N–C) groups is 1. The molecule has 5 heteroatoms. The summed E-state index contributed by atoms with van der Waals surface area (Å²) in [7, 11) is 3.52. The number of hydrogen-bond acceptors (Lipinski definition) is 4. The molecule has 1 N–H and O–H groups in total. The Labute approximate surface area is 137 Å². The minimum atomic E-state index is 0.270. The highest BCUT2D eigenvalue weighted by atomic mass is 16.5. The third-order valence-corrected chi connectivity index (χ3v) is 3.98. The summed E-state index contributed by atoms with van der Waals surface area (Å²) in [6, 6.07) is 7.70. The lowest BCUT2D eigenvalue weighted by atomic mass is 10.0. The van der Waals surface area contributed by atoms with E-state index in [1.807, 2.05) is 31.3 Å². The number of ether oxygens (including phenoxy) is 1. The SMILES string of the molecule is C=C/C(N=Cc1ccc(OC)cc1)=C(\NC)C1CCN(C=O)C1. The molecule has 1 amide bonds. The van der Waals surface area contributed by atoms with E-state index in [9.17, 15) is 4.79 Å². The summed E-state index contributed by atoms with van der Waals surface area (Å²) in [5, 5.41) is 3.23. The van der Waals surface area contributed by atoms with Crippen LogP contribution in [-0.2, 0) is 4.79 Å². The zero-order valence-electron chi connectivity index (χ0n) is 13.7. The molecule has 5 nitrogen and oxygen atoms in total. The van der Waals surface area contributed by atoms with Crippen molar-refractivity contribution in [1.82, 2.24) is 10.2 Å². The maximum absolute atomic E-state index is 10.9. The molecular formula is C18H23N3O2. The largest absolute Gasteiger partial charge is 0.497 e. The first-order valence-electron chi connectivity index (χ1n) is 7.63. The minimum Gasteiger partial charge on any atom is -0.497 e. The summed E-state index contributed by atoms with van der Waals surface area (Å²) in [5.74, 6) is 1.09. The van der Waals surface area contributed by atoms with Crippen LogP contribution in [-0.4, -0.2) is 44.8 Å². The fraction of sp³-hybridized carbons (Fsp3) is 0.333. The molecule has 122 valence electrons. The zero-order chi connectivity index (χ0) is 16.7. The van der Waals surface area contributed by atoms with E-state index in [0.717, 1.165) is 48.6 Å². The van der Waals surface area contributed by atoms with E-state index in [2.05, 4.69) is 16.9 Å². The third-order valence-electron chi connectivity index (χ3n) is 3.98. The van der Waals surface area contributed by atoms with E-state index in [4.69, 9.17) is 4.74 Å². The highest BCUT2D eigenvalue weighted by Crippen LogP contribution is 2.24. The van der Waals surface area contributed by atoms with E-state index >= 15 is 0 Å². The number of carbonyl (C=O) groups excluding carboxylic acids is 1. The molecule has 1 aliphatic heterocycles. The summed E-state index contributed by atoms with van der Waals surface area (Å²) in [6.45, 7) is 5.37. The van der Waals surface area contributed by atoms with Gasteiger partial charge in [0, 0.05) is 38.0 Å². The van der Waals surface area contributed by atoms with Crippen molar-refractivity contribution < 1.29 is 9.53 Å². The van der Waals surface area contributed by atoms with Gasteiger partial charge in [0.25, 0.3) is 0 Å². The fourth-order valence-electron chi connectivity index (χ4n) is 2.73. The Bertz CT molecular complexity index is 605. The number of nitrogens with zero attached hydrogens (tertiary/aromatic N) is 2. The highest BCUT2D eigenvalue weighted by Gasteiger charge is 2.25. The van der Waals surface area contributed by atoms with Crippen LogP contribution in [0.25, 0.3) is 0 Å². The number of hydrogen-bond donors (Lipinski definition) is 1. The number of methoxy groups -OCH3 is 1. The van der Waals surface area contributed by atoms with E-state index in [0.29, 0.717) is 0 Å². The molecule has 0 saturated carbocycles. The molecule has 0 radical (unpaired) electrons. The number of benzene rings is 1. The molecule has 1 heterocycles. The van der Waals surface area contributed by atoms with E-state index in [1.165, 1.54) is 0 Å². The summed E-state index contributed by atoms with van der Waals surface area (Å²) in [6.07, 6.45) is 5.39. The van der Waals surface area contributed by atoms with Crippen molar-refractivity contribution >= 4 is 12.6 Å². The summed E-state index contributed by atoms with van der Waals surface area (Å²) >= 11 is 0. The molecule has 0 aromatic heterocycles. The maximum Gasteiger partial charge on any atom is 0.209 e. The van der Waals surface area contributed by atoms with E-state index in [-0.39, 0.29) is 5.92 Å². The number of amides is 1. The first-order chi connectivity index (χ1) is 11.2. The van der Waals surface area contributed by atoms with Crippen molar-refractivity contribution in [3.8, 4) is 5.75 Å². The molecule has 0 bridgehead atoms. The molecule has 1 unspecified atom stereocenters. The Morgan fingerprint density at radius 2 is 2.17 bits per heavy atom. The predicted octanol–water partition coefficient (Wildman–Crippen LogP) is 2.21. The van der Waals surface area contributed by atoms with E-state index < -0.39 is 0 Å².